The van der Waals surface area contributed by atoms with Crippen LogP contribution in [0.5, 0.6) is 0 Å². The lowest BCUT2D eigenvalue weighted by molar-refractivity contribution is -0.145. The van der Waals surface area contributed by atoms with Crippen molar-refractivity contribution in [2.24, 2.45) is 5.92 Å². The van der Waals surface area contributed by atoms with Crippen LogP contribution in [0.1, 0.15) is 40.0 Å². The maximum atomic E-state index is 11.3. The van der Waals surface area contributed by atoms with Crippen LogP contribution in [0.25, 0.3) is 0 Å². The molecule has 0 aliphatic heterocycles. The first-order valence-electron chi connectivity index (χ1n) is 5.56. The molecule has 3 nitrogen and oxygen atoms in total. The van der Waals surface area contributed by atoms with E-state index in [1.54, 1.807) is 0 Å². The van der Waals surface area contributed by atoms with Gasteiger partial charge in [0.25, 0.3) is 0 Å². The fourth-order valence-electron chi connectivity index (χ4n) is 2.05. The lowest BCUT2D eigenvalue weighted by atomic mass is 10.1. The van der Waals surface area contributed by atoms with Crippen molar-refractivity contribution in [1.29, 1.82) is 0 Å². The highest BCUT2D eigenvalue weighted by Crippen LogP contribution is 2.24. The topological polar surface area (TPSA) is 38.3 Å². The molecule has 0 heterocycles. The number of esters is 1. The molecule has 0 aromatic heterocycles. The molecule has 0 bridgehead atoms. The molecule has 1 saturated carbocycles. The molecule has 1 N–H and O–H groups in total. The molecular weight excluding hydrogens is 178 g/mol. The Morgan fingerprint density at radius 3 is 2.79 bits per heavy atom. The Morgan fingerprint density at radius 2 is 2.29 bits per heavy atom. The van der Waals surface area contributed by atoms with Gasteiger partial charge in [-0.05, 0) is 39.0 Å². The minimum atomic E-state index is -0.162. The summed E-state index contributed by atoms with van der Waals surface area (Å²) in [4.78, 5) is 11.3. The number of hydrogen-bond donors (Lipinski definition) is 1. The Labute approximate surface area is 86.2 Å². The SMILES string of the molecule is CCOC(=O)C(C)NC1CCC(C)C1. The molecular formula is C11H21NO2. The van der Waals surface area contributed by atoms with E-state index >= 15 is 0 Å². The van der Waals surface area contributed by atoms with Gasteiger partial charge < -0.3 is 10.1 Å². The Hall–Kier alpha value is -0.570. The lowest BCUT2D eigenvalue weighted by Gasteiger charge is -2.17. The molecule has 1 aliphatic rings. The Morgan fingerprint density at radius 1 is 1.57 bits per heavy atom. The molecule has 1 aliphatic carbocycles. The second-order valence-corrected chi connectivity index (χ2v) is 4.26. The zero-order valence-corrected chi connectivity index (χ0v) is 9.38. The largest absolute Gasteiger partial charge is 0.465 e. The van der Waals surface area contributed by atoms with E-state index in [0.717, 1.165) is 5.92 Å². The summed E-state index contributed by atoms with van der Waals surface area (Å²) in [5.41, 5.74) is 0. The van der Waals surface area contributed by atoms with E-state index in [9.17, 15) is 4.79 Å². The first-order chi connectivity index (χ1) is 6.63. The average molecular weight is 199 g/mol. The van der Waals surface area contributed by atoms with Crippen molar-refractivity contribution in [1.82, 2.24) is 5.32 Å². The standard InChI is InChI=1S/C11H21NO2/c1-4-14-11(13)9(3)12-10-6-5-8(2)7-10/h8-10,12H,4-7H2,1-3H3. The summed E-state index contributed by atoms with van der Waals surface area (Å²) in [7, 11) is 0. The molecule has 14 heavy (non-hydrogen) atoms. The van der Waals surface area contributed by atoms with E-state index in [4.69, 9.17) is 4.74 Å². The summed E-state index contributed by atoms with van der Waals surface area (Å²) < 4.78 is 4.94. The molecule has 82 valence electrons. The number of rotatable bonds is 4. The first-order valence-corrected chi connectivity index (χ1v) is 5.56. The smallest absolute Gasteiger partial charge is 0.322 e. The van der Waals surface area contributed by atoms with Crippen molar-refractivity contribution >= 4 is 5.97 Å². The Kier molecular flexibility index (Phi) is 4.39. The van der Waals surface area contributed by atoms with Gasteiger partial charge in [0.05, 0.1) is 6.61 Å². The molecule has 0 aromatic rings. The second-order valence-electron chi connectivity index (χ2n) is 4.26. The molecule has 3 heteroatoms. The first kappa shape index (κ1) is 11.5. The molecule has 1 fully saturated rings. The van der Waals surface area contributed by atoms with Crippen LogP contribution in [0.15, 0.2) is 0 Å². The van der Waals surface area contributed by atoms with Crippen molar-refractivity contribution in [2.75, 3.05) is 6.61 Å². The van der Waals surface area contributed by atoms with Crippen molar-refractivity contribution in [3.63, 3.8) is 0 Å². The van der Waals surface area contributed by atoms with Crippen LogP contribution in [-0.4, -0.2) is 24.7 Å². The predicted octanol–water partition coefficient (Wildman–Crippen LogP) is 1.72. The fraction of sp³-hybridized carbons (Fsp3) is 0.909. The molecule has 0 amide bonds. The van der Waals surface area contributed by atoms with E-state index in [1.165, 1.54) is 19.3 Å². The van der Waals surface area contributed by atoms with Crippen molar-refractivity contribution < 1.29 is 9.53 Å². The minimum absolute atomic E-state index is 0.132. The highest BCUT2D eigenvalue weighted by molar-refractivity contribution is 5.75. The molecule has 0 spiro atoms. The van der Waals surface area contributed by atoms with Gasteiger partial charge >= 0.3 is 5.97 Å². The van der Waals surface area contributed by atoms with Gasteiger partial charge in [-0.3, -0.25) is 4.79 Å². The van der Waals surface area contributed by atoms with Gasteiger partial charge in [-0.1, -0.05) is 6.92 Å². The summed E-state index contributed by atoms with van der Waals surface area (Å²) in [6.45, 7) is 6.44. The fourth-order valence-corrected chi connectivity index (χ4v) is 2.05. The summed E-state index contributed by atoms with van der Waals surface area (Å²) in [6, 6.07) is 0.342. The molecule has 0 aromatic carbocycles. The summed E-state index contributed by atoms with van der Waals surface area (Å²) in [6.07, 6.45) is 3.64. The van der Waals surface area contributed by atoms with Gasteiger partial charge in [-0.2, -0.15) is 0 Å². The van der Waals surface area contributed by atoms with Gasteiger partial charge in [0.2, 0.25) is 0 Å². The third-order valence-corrected chi connectivity index (χ3v) is 2.82. The van der Waals surface area contributed by atoms with E-state index < -0.39 is 0 Å². The minimum Gasteiger partial charge on any atom is -0.465 e. The predicted molar refractivity (Wildman–Crippen MR) is 56.0 cm³/mol. The zero-order valence-electron chi connectivity index (χ0n) is 9.38. The monoisotopic (exact) mass is 199 g/mol. The normalized spacial score (nSPS) is 28.8. The molecule has 1 rings (SSSR count). The molecule has 0 radical (unpaired) electrons. The van der Waals surface area contributed by atoms with Gasteiger partial charge in [0.15, 0.2) is 0 Å². The quantitative estimate of drug-likeness (QED) is 0.701. The van der Waals surface area contributed by atoms with E-state index in [1.807, 2.05) is 13.8 Å². The van der Waals surface area contributed by atoms with Crippen molar-refractivity contribution in [2.45, 2.75) is 52.1 Å². The van der Waals surface area contributed by atoms with Crippen molar-refractivity contribution in [3.05, 3.63) is 0 Å². The van der Waals surface area contributed by atoms with Crippen LogP contribution >= 0.6 is 0 Å². The number of hydrogen-bond acceptors (Lipinski definition) is 3. The highest BCUT2D eigenvalue weighted by atomic mass is 16.5. The Balaban J connectivity index is 2.26. The Bertz CT molecular complexity index is 194. The maximum absolute atomic E-state index is 11.3. The zero-order chi connectivity index (χ0) is 10.6. The van der Waals surface area contributed by atoms with Crippen molar-refractivity contribution in [3.8, 4) is 0 Å². The van der Waals surface area contributed by atoms with E-state index in [0.29, 0.717) is 12.6 Å². The second kappa shape index (κ2) is 5.35. The number of carbonyl (C=O) groups is 1. The van der Waals surface area contributed by atoms with Crippen LogP contribution in [0.4, 0.5) is 0 Å². The summed E-state index contributed by atoms with van der Waals surface area (Å²) in [5.74, 6) is 0.661. The summed E-state index contributed by atoms with van der Waals surface area (Å²) >= 11 is 0. The van der Waals surface area contributed by atoms with Gasteiger partial charge in [0, 0.05) is 6.04 Å². The average Bonchev–Trinajstić information content (AvgIpc) is 2.51. The van der Waals surface area contributed by atoms with Gasteiger partial charge in [0.1, 0.15) is 6.04 Å². The van der Waals surface area contributed by atoms with Crippen LogP contribution in [0.3, 0.4) is 0 Å². The third kappa shape index (κ3) is 3.29. The van der Waals surface area contributed by atoms with Gasteiger partial charge in [-0.25, -0.2) is 0 Å². The van der Waals surface area contributed by atoms with Crippen LogP contribution in [0, 0.1) is 5.92 Å². The highest BCUT2D eigenvalue weighted by Gasteiger charge is 2.24. The van der Waals surface area contributed by atoms with Crippen LogP contribution in [0.2, 0.25) is 0 Å². The van der Waals surface area contributed by atoms with Gasteiger partial charge in [-0.15, -0.1) is 0 Å². The van der Waals surface area contributed by atoms with E-state index in [-0.39, 0.29) is 12.0 Å². The van der Waals surface area contributed by atoms with Crippen LogP contribution in [-0.2, 0) is 9.53 Å². The number of ether oxygens (including phenoxy) is 1. The molecule has 3 atom stereocenters. The van der Waals surface area contributed by atoms with E-state index in [2.05, 4.69) is 12.2 Å². The summed E-state index contributed by atoms with van der Waals surface area (Å²) in [5, 5.41) is 3.32. The number of carbonyl (C=O) groups excluding carboxylic acids is 1. The van der Waals surface area contributed by atoms with Crippen LogP contribution < -0.4 is 5.32 Å². The molecule has 3 unspecified atom stereocenters. The molecule has 0 saturated heterocycles. The third-order valence-electron chi connectivity index (χ3n) is 2.82. The number of nitrogens with one attached hydrogen (secondary N) is 1. The maximum Gasteiger partial charge on any atom is 0.322 e. The lowest BCUT2D eigenvalue weighted by Crippen LogP contribution is -2.41.